The lowest BCUT2D eigenvalue weighted by Gasteiger charge is -2.35. The fraction of sp³-hybridized carbons (Fsp3) is 0.231. The molecular formula is C26H20FN3O6. The molecule has 0 radical (unpaired) electrons. The normalized spacial score (nSPS) is 24.1. The number of nitro benzene ring substituents is 1. The number of likely N-dealkylation sites (N-methyl/N-ethyl adjacent to an activating group) is 1. The number of amides is 1. The Labute approximate surface area is 204 Å². The number of ketones is 1. The standard InChI is InChI=1S/C26H20FN3O6/c1-29-12-18(14-3-2-4-17(9-14)30(33)34)23(24(31)15-5-8-21-22(10-15)36-13-35-21)26(29)19-11-16(27)6-7-20(19)28-25(26)32/h2-11,18,23H,12-13H2,1H3,(H,28,32)/t18-,23+,26+/m0/s1. The molecule has 3 aromatic rings. The third-order valence-electron chi connectivity index (χ3n) is 7.36. The molecule has 1 spiro atoms. The summed E-state index contributed by atoms with van der Waals surface area (Å²) in [5.74, 6) is -2.02. The van der Waals surface area contributed by atoms with Gasteiger partial charge in [-0.2, -0.15) is 0 Å². The Kier molecular flexibility index (Phi) is 4.84. The number of carbonyl (C=O) groups is 2. The summed E-state index contributed by atoms with van der Waals surface area (Å²) in [5, 5.41) is 14.3. The van der Waals surface area contributed by atoms with Crippen LogP contribution in [0.1, 0.15) is 27.4 Å². The molecule has 3 heterocycles. The number of rotatable bonds is 4. The molecule has 0 saturated carbocycles. The molecular weight excluding hydrogens is 469 g/mol. The fourth-order valence-corrected chi connectivity index (χ4v) is 5.81. The van der Waals surface area contributed by atoms with E-state index < -0.39 is 34.0 Å². The summed E-state index contributed by atoms with van der Waals surface area (Å²) in [4.78, 5) is 40.7. The number of Topliss-reactive ketones (excluding diaryl/α,β-unsaturated/α-hetero) is 1. The van der Waals surface area contributed by atoms with Crippen LogP contribution in [0, 0.1) is 21.8 Å². The average Bonchev–Trinajstić information content (AvgIpc) is 3.54. The van der Waals surface area contributed by atoms with Crippen molar-refractivity contribution in [1.82, 2.24) is 4.90 Å². The number of hydrogen-bond acceptors (Lipinski definition) is 7. The molecule has 0 bridgehead atoms. The molecule has 1 saturated heterocycles. The van der Waals surface area contributed by atoms with Crippen molar-refractivity contribution in [1.29, 1.82) is 0 Å². The van der Waals surface area contributed by atoms with Crippen molar-refractivity contribution in [3.8, 4) is 11.5 Å². The Hall–Kier alpha value is -4.31. The van der Waals surface area contributed by atoms with Crippen LogP contribution < -0.4 is 14.8 Å². The van der Waals surface area contributed by atoms with Crippen LogP contribution in [0.15, 0.2) is 60.7 Å². The van der Waals surface area contributed by atoms with E-state index in [1.807, 2.05) is 0 Å². The number of nitrogens with one attached hydrogen (secondary N) is 1. The van der Waals surface area contributed by atoms with Crippen LogP contribution in [0.4, 0.5) is 15.8 Å². The van der Waals surface area contributed by atoms with Gasteiger partial charge in [0.25, 0.3) is 5.69 Å². The van der Waals surface area contributed by atoms with Crippen LogP contribution in [0.3, 0.4) is 0 Å². The minimum Gasteiger partial charge on any atom is -0.454 e. The molecule has 0 aliphatic carbocycles. The zero-order valence-electron chi connectivity index (χ0n) is 19.1. The highest BCUT2D eigenvalue weighted by Gasteiger charge is 2.64. The summed E-state index contributed by atoms with van der Waals surface area (Å²) in [5.41, 5.74) is 0.00280. The van der Waals surface area contributed by atoms with Gasteiger partial charge in [0.2, 0.25) is 12.7 Å². The summed E-state index contributed by atoms with van der Waals surface area (Å²) in [6, 6.07) is 14.9. The Morgan fingerprint density at radius 3 is 2.75 bits per heavy atom. The number of ether oxygens (including phenoxy) is 2. The lowest BCUT2D eigenvalue weighted by atomic mass is 9.70. The maximum Gasteiger partial charge on any atom is 0.269 e. The second kappa shape index (κ2) is 7.85. The molecule has 3 atom stereocenters. The lowest BCUT2D eigenvalue weighted by molar-refractivity contribution is -0.384. The Balaban J connectivity index is 1.56. The number of hydrogen-bond donors (Lipinski definition) is 1. The van der Waals surface area contributed by atoms with Crippen LogP contribution in [0.25, 0.3) is 0 Å². The van der Waals surface area contributed by atoms with Gasteiger partial charge in [-0.05, 0) is 49.0 Å². The van der Waals surface area contributed by atoms with E-state index in [0.717, 1.165) is 0 Å². The second-order valence-corrected chi connectivity index (χ2v) is 9.16. The molecule has 1 fully saturated rings. The number of nitrogens with zero attached hydrogens (tertiary/aromatic N) is 2. The molecule has 10 heteroatoms. The highest BCUT2D eigenvalue weighted by atomic mass is 19.1. The van der Waals surface area contributed by atoms with Crippen molar-refractivity contribution in [2.24, 2.45) is 5.92 Å². The first-order chi connectivity index (χ1) is 17.3. The number of benzene rings is 3. The van der Waals surface area contributed by atoms with Gasteiger partial charge in [0, 0.05) is 41.4 Å². The van der Waals surface area contributed by atoms with E-state index in [4.69, 9.17) is 9.47 Å². The highest BCUT2D eigenvalue weighted by molar-refractivity contribution is 6.12. The highest BCUT2D eigenvalue weighted by Crippen LogP contribution is 2.56. The fourth-order valence-electron chi connectivity index (χ4n) is 5.81. The van der Waals surface area contributed by atoms with Gasteiger partial charge >= 0.3 is 0 Å². The Morgan fingerprint density at radius 2 is 1.94 bits per heavy atom. The molecule has 3 aliphatic heterocycles. The maximum absolute atomic E-state index is 14.5. The molecule has 0 aromatic heterocycles. The predicted octanol–water partition coefficient (Wildman–Crippen LogP) is 3.84. The van der Waals surface area contributed by atoms with Crippen LogP contribution >= 0.6 is 0 Å². The Bertz CT molecular complexity index is 1460. The molecule has 1 amide bonds. The average molecular weight is 489 g/mol. The first-order valence-electron chi connectivity index (χ1n) is 11.3. The van der Waals surface area contributed by atoms with Gasteiger partial charge in [0.15, 0.2) is 17.3 Å². The second-order valence-electron chi connectivity index (χ2n) is 9.16. The van der Waals surface area contributed by atoms with Gasteiger partial charge < -0.3 is 14.8 Å². The van der Waals surface area contributed by atoms with E-state index in [9.17, 15) is 24.1 Å². The number of fused-ring (bicyclic) bond motifs is 3. The molecule has 3 aliphatic rings. The zero-order valence-corrected chi connectivity index (χ0v) is 19.1. The predicted molar refractivity (Wildman–Crippen MR) is 126 cm³/mol. The minimum absolute atomic E-state index is 0.0362. The molecule has 3 aromatic carbocycles. The smallest absolute Gasteiger partial charge is 0.269 e. The van der Waals surface area contributed by atoms with Crippen molar-refractivity contribution < 1.29 is 28.4 Å². The van der Waals surface area contributed by atoms with Crippen molar-refractivity contribution in [3.05, 3.63) is 93.3 Å². The molecule has 9 nitrogen and oxygen atoms in total. The Morgan fingerprint density at radius 1 is 1.14 bits per heavy atom. The van der Waals surface area contributed by atoms with E-state index in [0.29, 0.717) is 33.9 Å². The number of anilines is 1. The van der Waals surface area contributed by atoms with E-state index in [-0.39, 0.29) is 24.8 Å². The monoisotopic (exact) mass is 489 g/mol. The van der Waals surface area contributed by atoms with E-state index in [1.165, 1.54) is 30.3 Å². The number of nitro groups is 1. The SMILES string of the molecule is CN1C[C@@H](c2cccc([N+](=O)[O-])c2)[C@H](C(=O)c2ccc3c(c2)OCO3)[C@]12C(=O)Nc1ccc(F)cc12. The van der Waals surface area contributed by atoms with Crippen LogP contribution in [-0.4, -0.2) is 41.9 Å². The first-order valence-corrected chi connectivity index (χ1v) is 11.3. The first kappa shape index (κ1) is 22.2. The number of halogens is 1. The molecule has 0 unspecified atom stereocenters. The van der Waals surface area contributed by atoms with Gasteiger partial charge in [-0.15, -0.1) is 0 Å². The maximum atomic E-state index is 14.5. The summed E-state index contributed by atoms with van der Waals surface area (Å²) >= 11 is 0. The van der Waals surface area contributed by atoms with Gasteiger partial charge in [-0.1, -0.05) is 12.1 Å². The minimum atomic E-state index is -1.51. The van der Waals surface area contributed by atoms with E-state index in [1.54, 1.807) is 42.3 Å². The summed E-state index contributed by atoms with van der Waals surface area (Å²) in [7, 11) is 1.71. The summed E-state index contributed by atoms with van der Waals surface area (Å²) in [6.45, 7) is 0.278. The third kappa shape index (κ3) is 3.04. The molecule has 1 N–H and O–H groups in total. The summed E-state index contributed by atoms with van der Waals surface area (Å²) in [6.07, 6.45) is 0. The quantitative estimate of drug-likeness (QED) is 0.337. The van der Waals surface area contributed by atoms with E-state index in [2.05, 4.69) is 5.32 Å². The van der Waals surface area contributed by atoms with Gasteiger partial charge in [-0.25, -0.2) is 4.39 Å². The summed E-state index contributed by atoms with van der Waals surface area (Å²) < 4.78 is 25.3. The largest absolute Gasteiger partial charge is 0.454 e. The van der Waals surface area contributed by atoms with Gasteiger partial charge in [-0.3, -0.25) is 24.6 Å². The lowest BCUT2D eigenvalue weighted by Crippen LogP contribution is -2.51. The topological polar surface area (TPSA) is 111 Å². The number of likely N-dealkylation sites (tertiary alicyclic amines) is 1. The van der Waals surface area contributed by atoms with Crippen LogP contribution in [-0.2, 0) is 10.3 Å². The van der Waals surface area contributed by atoms with Crippen molar-refractivity contribution >= 4 is 23.1 Å². The van der Waals surface area contributed by atoms with Crippen LogP contribution in [0.5, 0.6) is 11.5 Å². The zero-order chi connectivity index (χ0) is 25.2. The van der Waals surface area contributed by atoms with Crippen molar-refractivity contribution in [3.63, 3.8) is 0 Å². The molecule has 182 valence electrons. The number of non-ortho nitro benzene ring substituents is 1. The van der Waals surface area contributed by atoms with Crippen LogP contribution in [0.2, 0.25) is 0 Å². The third-order valence-corrected chi connectivity index (χ3v) is 7.36. The van der Waals surface area contributed by atoms with Crippen molar-refractivity contribution in [2.45, 2.75) is 11.5 Å². The van der Waals surface area contributed by atoms with Crippen molar-refractivity contribution in [2.75, 3.05) is 25.7 Å². The van der Waals surface area contributed by atoms with E-state index >= 15 is 0 Å². The number of carbonyl (C=O) groups excluding carboxylic acids is 2. The van der Waals surface area contributed by atoms with Gasteiger partial charge in [0.05, 0.1) is 10.8 Å². The molecule has 36 heavy (non-hydrogen) atoms. The molecule has 6 rings (SSSR count). The van der Waals surface area contributed by atoms with Gasteiger partial charge in [0.1, 0.15) is 11.4 Å².